The Morgan fingerprint density at radius 3 is 2.62 bits per heavy atom. The second kappa shape index (κ2) is 8.35. The third-order valence-corrected chi connectivity index (χ3v) is 4.00. The van der Waals surface area contributed by atoms with Crippen molar-refractivity contribution in [3.63, 3.8) is 0 Å². The van der Waals surface area contributed by atoms with E-state index in [2.05, 4.69) is 48.1 Å². The standard InChI is InChI=1S/C17H29N3O/c1-4-15-11-14(13-18-16-7-8-16)12-17(19-15)21-10-9-20(5-2)6-3/h11-12,16,18H,4-10,13H2,1-3H3. The molecule has 1 N–H and O–H groups in total. The third-order valence-electron chi connectivity index (χ3n) is 4.00. The molecule has 1 saturated carbocycles. The highest BCUT2D eigenvalue weighted by Gasteiger charge is 2.20. The molecule has 4 nitrogen and oxygen atoms in total. The number of aromatic nitrogens is 1. The maximum absolute atomic E-state index is 5.87. The molecule has 1 aliphatic rings. The summed E-state index contributed by atoms with van der Waals surface area (Å²) in [5.74, 6) is 0.772. The smallest absolute Gasteiger partial charge is 0.213 e. The number of pyridine rings is 1. The van der Waals surface area contributed by atoms with Crippen molar-refractivity contribution in [3.8, 4) is 5.88 Å². The SMILES string of the molecule is CCc1cc(CNC2CC2)cc(OCCN(CC)CC)n1. The summed E-state index contributed by atoms with van der Waals surface area (Å²) in [6.07, 6.45) is 3.58. The van der Waals surface area contributed by atoms with E-state index in [9.17, 15) is 0 Å². The van der Waals surface area contributed by atoms with E-state index >= 15 is 0 Å². The molecule has 0 radical (unpaired) electrons. The van der Waals surface area contributed by atoms with Crippen molar-refractivity contribution >= 4 is 0 Å². The van der Waals surface area contributed by atoms with Crippen LogP contribution in [0.15, 0.2) is 12.1 Å². The number of hydrogen-bond acceptors (Lipinski definition) is 4. The van der Waals surface area contributed by atoms with E-state index in [0.29, 0.717) is 6.61 Å². The molecule has 0 aromatic carbocycles. The lowest BCUT2D eigenvalue weighted by molar-refractivity contribution is 0.217. The lowest BCUT2D eigenvalue weighted by atomic mass is 10.2. The Kier molecular flexibility index (Phi) is 6.46. The van der Waals surface area contributed by atoms with Gasteiger partial charge in [0.05, 0.1) is 0 Å². The molecule has 2 rings (SSSR count). The van der Waals surface area contributed by atoms with E-state index in [-0.39, 0.29) is 0 Å². The molecule has 0 bridgehead atoms. The van der Waals surface area contributed by atoms with Gasteiger partial charge in [0.1, 0.15) is 6.61 Å². The zero-order valence-corrected chi connectivity index (χ0v) is 13.7. The normalized spacial score (nSPS) is 14.7. The van der Waals surface area contributed by atoms with Crippen LogP contribution < -0.4 is 10.1 Å². The van der Waals surface area contributed by atoms with Gasteiger partial charge in [0.25, 0.3) is 0 Å². The van der Waals surface area contributed by atoms with Crippen LogP contribution in [0.25, 0.3) is 0 Å². The summed E-state index contributed by atoms with van der Waals surface area (Å²) in [5.41, 5.74) is 2.40. The molecular weight excluding hydrogens is 262 g/mol. The Morgan fingerprint density at radius 1 is 1.24 bits per heavy atom. The minimum Gasteiger partial charge on any atom is -0.476 e. The van der Waals surface area contributed by atoms with Crippen LogP contribution in [-0.4, -0.2) is 42.2 Å². The van der Waals surface area contributed by atoms with Crippen molar-refractivity contribution in [2.45, 2.75) is 52.6 Å². The summed E-state index contributed by atoms with van der Waals surface area (Å²) in [6, 6.07) is 5.00. The first kappa shape index (κ1) is 16.2. The van der Waals surface area contributed by atoms with Crippen molar-refractivity contribution in [1.29, 1.82) is 0 Å². The van der Waals surface area contributed by atoms with Gasteiger partial charge in [-0.2, -0.15) is 0 Å². The van der Waals surface area contributed by atoms with Crippen molar-refractivity contribution in [3.05, 3.63) is 23.4 Å². The van der Waals surface area contributed by atoms with Crippen LogP contribution in [0.5, 0.6) is 5.88 Å². The number of aryl methyl sites for hydroxylation is 1. The molecule has 0 atom stereocenters. The Bertz CT molecular complexity index is 428. The lowest BCUT2D eigenvalue weighted by Gasteiger charge is -2.18. The third kappa shape index (κ3) is 5.64. The van der Waals surface area contributed by atoms with E-state index in [4.69, 9.17) is 4.74 Å². The summed E-state index contributed by atoms with van der Waals surface area (Å²) in [6.45, 7) is 11.2. The monoisotopic (exact) mass is 291 g/mol. The predicted molar refractivity (Wildman–Crippen MR) is 86.8 cm³/mol. The van der Waals surface area contributed by atoms with Gasteiger partial charge >= 0.3 is 0 Å². The molecule has 1 aromatic heterocycles. The topological polar surface area (TPSA) is 37.4 Å². The molecule has 118 valence electrons. The Balaban J connectivity index is 1.88. The Labute approximate surface area is 128 Å². The molecule has 4 heteroatoms. The quantitative estimate of drug-likeness (QED) is 0.719. The van der Waals surface area contributed by atoms with Crippen LogP contribution in [0.3, 0.4) is 0 Å². The van der Waals surface area contributed by atoms with E-state index in [0.717, 1.165) is 50.2 Å². The van der Waals surface area contributed by atoms with E-state index in [1.165, 1.54) is 18.4 Å². The molecule has 0 aliphatic heterocycles. The van der Waals surface area contributed by atoms with Crippen molar-refractivity contribution < 1.29 is 4.74 Å². The van der Waals surface area contributed by atoms with Crippen LogP contribution in [0.4, 0.5) is 0 Å². The van der Waals surface area contributed by atoms with Crippen LogP contribution >= 0.6 is 0 Å². The van der Waals surface area contributed by atoms with Crippen molar-refractivity contribution in [2.24, 2.45) is 0 Å². The summed E-state index contributed by atoms with van der Waals surface area (Å²) in [7, 11) is 0. The maximum Gasteiger partial charge on any atom is 0.213 e. The molecular formula is C17H29N3O. The highest BCUT2D eigenvalue weighted by atomic mass is 16.5. The minimum atomic E-state index is 0.706. The highest BCUT2D eigenvalue weighted by Crippen LogP contribution is 2.20. The van der Waals surface area contributed by atoms with Gasteiger partial charge in [-0.25, -0.2) is 4.98 Å². The van der Waals surface area contributed by atoms with Gasteiger partial charge in [-0.05, 0) is 44.0 Å². The zero-order valence-electron chi connectivity index (χ0n) is 13.7. The Hall–Kier alpha value is -1.13. The van der Waals surface area contributed by atoms with Crippen molar-refractivity contribution in [1.82, 2.24) is 15.2 Å². The second-order valence-electron chi connectivity index (χ2n) is 5.69. The fraction of sp³-hybridized carbons (Fsp3) is 0.706. The average molecular weight is 291 g/mol. The van der Waals surface area contributed by atoms with E-state index in [1.807, 2.05) is 0 Å². The van der Waals surface area contributed by atoms with E-state index < -0.39 is 0 Å². The van der Waals surface area contributed by atoms with Gasteiger partial charge in [0, 0.05) is 30.9 Å². The lowest BCUT2D eigenvalue weighted by Crippen LogP contribution is -2.28. The van der Waals surface area contributed by atoms with Crippen LogP contribution in [0.2, 0.25) is 0 Å². The summed E-state index contributed by atoms with van der Waals surface area (Å²) in [4.78, 5) is 6.93. The van der Waals surface area contributed by atoms with Crippen LogP contribution in [0, 0.1) is 0 Å². The fourth-order valence-electron chi connectivity index (χ4n) is 2.35. The summed E-state index contributed by atoms with van der Waals surface area (Å²) in [5, 5.41) is 3.55. The first-order chi connectivity index (χ1) is 10.2. The second-order valence-corrected chi connectivity index (χ2v) is 5.69. The fourth-order valence-corrected chi connectivity index (χ4v) is 2.35. The average Bonchev–Trinajstić information content (AvgIpc) is 3.33. The molecule has 1 aliphatic carbocycles. The first-order valence-electron chi connectivity index (χ1n) is 8.33. The van der Waals surface area contributed by atoms with E-state index in [1.54, 1.807) is 0 Å². The Morgan fingerprint density at radius 2 is 2.00 bits per heavy atom. The number of rotatable bonds is 10. The molecule has 1 fully saturated rings. The summed E-state index contributed by atoms with van der Waals surface area (Å²) >= 11 is 0. The van der Waals surface area contributed by atoms with Gasteiger partial charge in [0.15, 0.2) is 0 Å². The van der Waals surface area contributed by atoms with Gasteiger partial charge in [0.2, 0.25) is 5.88 Å². The molecule has 1 heterocycles. The molecule has 0 unspecified atom stereocenters. The molecule has 1 aromatic rings. The molecule has 0 spiro atoms. The van der Waals surface area contributed by atoms with Gasteiger partial charge in [-0.3, -0.25) is 0 Å². The van der Waals surface area contributed by atoms with Gasteiger partial charge < -0.3 is 15.0 Å². The zero-order chi connectivity index (χ0) is 15.1. The molecule has 0 saturated heterocycles. The first-order valence-corrected chi connectivity index (χ1v) is 8.33. The maximum atomic E-state index is 5.87. The summed E-state index contributed by atoms with van der Waals surface area (Å²) < 4.78 is 5.87. The minimum absolute atomic E-state index is 0.706. The number of nitrogens with one attached hydrogen (secondary N) is 1. The van der Waals surface area contributed by atoms with Gasteiger partial charge in [-0.1, -0.05) is 20.8 Å². The molecule has 0 amide bonds. The predicted octanol–water partition coefficient (Wildman–Crippen LogP) is 2.62. The largest absolute Gasteiger partial charge is 0.476 e. The van der Waals surface area contributed by atoms with Crippen LogP contribution in [-0.2, 0) is 13.0 Å². The number of hydrogen-bond donors (Lipinski definition) is 1. The highest BCUT2D eigenvalue weighted by molar-refractivity contribution is 5.25. The van der Waals surface area contributed by atoms with Crippen molar-refractivity contribution in [2.75, 3.05) is 26.2 Å². The number of nitrogens with zero attached hydrogens (tertiary/aromatic N) is 2. The van der Waals surface area contributed by atoms with Crippen LogP contribution in [0.1, 0.15) is 44.9 Å². The number of ether oxygens (including phenoxy) is 1. The van der Waals surface area contributed by atoms with Gasteiger partial charge in [-0.15, -0.1) is 0 Å². The molecule has 21 heavy (non-hydrogen) atoms. The number of likely N-dealkylation sites (N-methyl/N-ethyl adjacent to an activating group) is 1.